The fourth-order valence-corrected chi connectivity index (χ4v) is 3.70. The molecule has 0 aliphatic carbocycles. The normalized spacial score (nSPS) is 17.1. The summed E-state index contributed by atoms with van der Waals surface area (Å²) in [5.74, 6) is -2.47. The number of aromatic hydroxyl groups is 1. The number of phenolic OH excluding ortho intramolecular Hbond substituents is 1. The Bertz CT molecular complexity index is 1350. The highest BCUT2D eigenvalue weighted by Crippen LogP contribution is 2.42. The Hall–Kier alpha value is -4.97. The molecule has 9 nitrogen and oxygen atoms in total. The molecule has 0 bridgehead atoms. The SMILES string of the molecule is N#Cc1ccc(N2C(=O)C(=O)/C(=C(\O)c3ccc([N+](=O)[O-])cc3)C2c2cccc(O)c2)cc1. The van der Waals surface area contributed by atoms with Gasteiger partial charge in [-0.05, 0) is 54.1 Å². The van der Waals surface area contributed by atoms with Crippen LogP contribution in [-0.4, -0.2) is 26.8 Å². The van der Waals surface area contributed by atoms with Crippen molar-refractivity contribution in [3.63, 3.8) is 0 Å². The molecule has 0 spiro atoms. The maximum Gasteiger partial charge on any atom is 0.300 e. The minimum absolute atomic E-state index is 0.103. The summed E-state index contributed by atoms with van der Waals surface area (Å²) in [4.78, 5) is 37.6. The number of carbonyl (C=O) groups is 2. The van der Waals surface area contributed by atoms with Crippen LogP contribution in [0, 0.1) is 21.4 Å². The van der Waals surface area contributed by atoms with E-state index in [1.807, 2.05) is 6.07 Å². The summed E-state index contributed by atoms with van der Waals surface area (Å²) in [7, 11) is 0. The van der Waals surface area contributed by atoms with Gasteiger partial charge < -0.3 is 10.2 Å². The number of ketones is 1. The number of nitro benzene ring substituents is 1. The van der Waals surface area contributed by atoms with Crippen molar-refractivity contribution < 1.29 is 24.7 Å². The standard InChI is InChI=1S/C24H15N3O6/c25-13-14-4-8-17(9-5-14)26-21(16-2-1-3-19(28)12-16)20(23(30)24(26)31)22(29)15-6-10-18(11-7-15)27(32)33/h1-12,21,28-29H/b22-20-. The number of non-ortho nitro benzene ring substituents is 1. The highest BCUT2D eigenvalue weighted by Gasteiger charge is 2.47. The van der Waals surface area contributed by atoms with Crippen molar-refractivity contribution in [3.8, 4) is 11.8 Å². The second-order valence-corrected chi connectivity index (χ2v) is 7.23. The fourth-order valence-electron chi connectivity index (χ4n) is 3.70. The van der Waals surface area contributed by atoms with Crippen LogP contribution in [0.3, 0.4) is 0 Å². The van der Waals surface area contributed by atoms with Crippen LogP contribution in [0.5, 0.6) is 5.75 Å². The highest BCUT2D eigenvalue weighted by atomic mass is 16.6. The molecule has 0 aromatic heterocycles. The van der Waals surface area contributed by atoms with Gasteiger partial charge >= 0.3 is 0 Å². The molecule has 33 heavy (non-hydrogen) atoms. The van der Waals surface area contributed by atoms with Crippen molar-refractivity contribution in [1.82, 2.24) is 0 Å². The quantitative estimate of drug-likeness (QED) is 0.206. The molecule has 1 unspecified atom stereocenters. The number of hydrogen-bond donors (Lipinski definition) is 2. The lowest BCUT2D eigenvalue weighted by molar-refractivity contribution is -0.384. The Morgan fingerprint density at radius 2 is 1.70 bits per heavy atom. The summed E-state index contributed by atoms with van der Waals surface area (Å²) < 4.78 is 0. The molecule has 1 fully saturated rings. The molecule has 1 aliphatic rings. The number of nitriles is 1. The van der Waals surface area contributed by atoms with E-state index in [2.05, 4.69) is 0 Å². The molecular weight excluding hydrogens is 426 g/mol. The number of nitrogens with zero attached hydrogens (tertiary/aromatic N) is 3. The van der Waals surface area contributed by atoms with Crippen LogP contribution in [-0.2, 0) is 9.59 Å². The summed E-state index contributed by atoms with van der Waals surface area (Å²) >= 11 is 0. The number of rotatable bonds is 4. The maximum absolute atomic E-state index is 13.0. The lowest BCUT2D eigenvalue weighted by Gasteiger charge is -2.25. The summed E-state index contributed by atoms with van der Waals surface area (Å²) in [5, 5.41) is 41.0. The number of phenols is 1. The van der Waals surface area contributed by atoms with Crippen LogP contribution in [0.1, 0.15) is 22.7 Å². The Balaban J connectivity index is 1.91. The summed E-state index contributed by atoms with van der Waals surface area (Å²) in [6.45, 7) is 0. The predicted octanol–water partition coefficient (Wildman–Crippen LogP) is 3.80. The molecule has 3 aromatic carbocycles. The van der Waals surface area contributed by atoms with E-state index in [0.29, 0.717) is 16.8 Å². The number of hydrogen-bond acceptors (Lipinski definition) is 7. The van der Waals surface area contributed by atoms with Gasteiger partial charge in [0.05, 0.1) is 28.2 Å². The molecular formula is C24H15N3O6. The molecule has 1 atom stereocenters. The lowest BCUT2D eigenvalue weighted by Crippen LogP contribution is -2.29. The third-order valence-electron chi connectivity index (χ3n) is 5.26. The Morgan fingerprint density at radius 3 is 2.27 bits per heavy atom. The minimum Gasteiger partial charge on any atom is -0.508 e. The molecule has 0 saturated carbocycles. The first-order valence-electron chi connectivity index (χ1n) is 9.66. The zero-order valence-corrected chi connectivity index (χ0v) is 16.9. The van der Waals surface area contributed by atoms with E-state index in [1.165, 1.54) is 71.6 Å². The van der Waals surface area contributed by atoms with Gasteiger partial charge in [-0.2, -0.15) is 5.26 Å². The van der Waals surface area contributed by atoms with E-state index in [1.54, 1.807) is 6.07 Å². The molecule has 1 heterocycles. The van der Waals surface area contributed by atoms with Gasteiger partial charge in [-0.3, -0.25) is 24.6 Å². The van der Waals surface area contributed by atoms with E-state index in [9.17, 15) is 29.9 Å². The van der Waals surface area contributed by atoms with Crippen molar-refractivity contribution in [3.05, 3.63) is 105 Å². The molecule has 162 valence electrons. The average Bonchev–Trinajstić information content (AvgIpc) is 3.09. The van der Waals surface area contributed by atoms with Crippen molar-refractivity contribution in [2.24, 2.45) is 0 Å². The first kappa shape index (κ1) is 21.3. The number of nitro groups is 1. The van der Waals surface area contributed by atoms with Crippen molar-refractivity contribution in [1.29, 1.82) is 5.26 Å². The van der Waals surface area contributed by atoms with Gasteiger partial charge in [0.15, 0.2) is 0 Å². The van der Waals surface area contributed by atoms with Gasteiger partial charge in [0, 0.05) is 23.4 Å². The van der Waals surface area contributed by atoms with Gasteiger partial charge in [-0.1, -0.05) is 12.1 Å². The summed E-state index contributed by atoms with van der Waals surface area (Å²) in [6, 6.07) is 17.7. The number of Topliss-reactive ketones (excluding diaryl/α,β-unsaturated/α-hetero) is 1. The Morgan fingerprint density at radius 1 is 1.03 bits per heavy atom. The van der Waals surface area contributed by atoms with Gasteiger partial charge in [-0.15, -0.1) is 0 Å². The number of carbonyl (C=O) groups excluding carboxylic acids is 2. The van der Waals surface area contributed by atoms with Crippen LogP contribution in [0.4, 0.5) is 11.4 Å². The van der Waals surface area contributed by atoms with E-state index < -0.39 is 28.4 Å². The van der Waals surface area contributed by atoms with Crippen molar-refractivity contribution in [2.45, 2.75) is 6.04 Å². The molecule has 1 aliphatic heterocycles. The largest absolute Gasteiger partial charge is 0.508 e. The number of benzene rings is 3. The number of amides is 1. The average molecular weight is 441 g/mol. The molecule has 3 aromatic rings. The molecule has 9 heteroatoms. The summed E-state index contributed by atoms with van der Waals surface area (Å²) in [5.41, 5.74) is 0.714. The molecule has 2 N–H and O–H groups in total. The van der Waals surface area contributed by atoms with Crippen LogP contribution < -0.4 is 4.90 Å². The van der Waals surface area contributed by atoms with Crippen LogP contribution in [0.25, 0.3) is 5.76 Å². The maximum atomic E-state index is 13.0. The second-order valence-electron chi connectivity index (χ2n) is 7.23. The van der Waals surface area contributed by atoms with Gasteiger partial charge in [-0.25, -0.2) is 0 Å². The molecule has 1 amide bonds. The third kappa shape index (κ3) is 3.77. The van der Waals surface area contributed by atoms with Crippen LogP contribution >= 0.6 is 0 Å². The monoisotopic (exact) mass is 441 g/mol. The van der Waals surface area contributed by atoms with Gasteiger partial charge in [0.25, 0.3) is 17.4 Å². The summed E-state index contributed by atoms with van der Waals surface area (Å²) in [6.07, 6.45) is 0. The van der Waals surface area contributed by atoms with E-state index in [0.717, 1.165) is 0 Å². The van der Waals surface area contributed by atoms with Crippen molar-refractivity contribution >= 4 is 28.8 Å². The van der Waals surface area contributed by atoms with E-state index in [-0.39, 0.29) is 22.6 Å². The zero-order chi connectivity index (χ0) is 23.7. The first-order chi connectivity index (χ1) is 15.8. The van der Waals surface area contributed by atoms with Crippen LogP contribution in [0.2, 0.25) is 0 Å². The number of aliphatic hydroxyl groups excluding tert-OH is 1. The molecule has 4 rings (SSSR count). The Kier molecular flexibility index (Phi) is 5.34. The zero-order valence-electron chi connectivity index (χ0n) is 16.9. The van der Waals surface area contributed by atoms with Crippen molar-refractivity contribution in [2.75, 3.05) is 4.90 Å². The second kappa shape index (κ2) is 8.28. The number of aliphatic hydroxyl groups is 1. The predicted molar refractivity (Wildman–Crippen MR) is 117 cm³/mol. The molecule has 1 saturated heterocycles. The minimum atomic E-state index is -1.08. The smallest absolute Gasteiger partial charge is 0.300 e. The van der Waals surface area contributed by atoms with Gasteiger partial charge in [0.2, 0.25) is 0 Å². The fraction of sp³-hybridized carbons (Fsp3) is 0.0417. The molecule has 0 radical (unpaired) electrons. The van der Waals surface area contributed by atoms with Crippen LogP contribution in [0.15, 0.2) is 78.4 Å². The number of anilines is 1. The van der Waals surface area contributed by atoms with E-state index >= 15 is 0 Å². The Labute approximate surface area is 187 Å². The first-order valence-corrected chi connectivity index (χ1v) is 9.66. The lowest BCUT2D eigenvalue weighted by atomic mass is 9.95. The van der Waals surface area contributed by atoms with Gasteiger partial charge in [0.1, 0.15) is 11.5 Å². The topological polar surface area (TPSA) is 145 Å². The highest BCUT2D eigenvalue weighted by molar-refractivity contribution is 6.51. The third-order valence-corrected chi connectivity index (χ3v) is 5.26. The van der Waals surface area contributed by atoms with E-state index in [4.69, 9.17) is 5.26 Å².